The summed E-state index contributed by atoms with van der Waals surface area (Å²) in [5.41, 5.74) is 1.46. The van der Waals surface area contributed by atoms with Gasteiger partial charge in [0.25, 0.3) is 5.22 Å². The lowest BCUT2D eigenvalue weighted by Crippen LogP contribution is -1.99. The summed E-state index contributed by atoms with van der Waals surface area (Å²) in [6.45, 7) is 0.429. The number of aromatic nitrogens is 5. The van der Waals surface area contributed by atoms with Gasteiger partial charge in [0, 0.05) is 11.3 Å². The van der Waals surface area contributed by atoms with Crippen LogP contribution in [0.2, 0.25) is 0 Å². The van der Waals surface area contributed by atoms with Gasteiger partial charge in [0.2, 0.25) is 5.89 Å². The van der Waals surface area contributed by atoms with Gasteiger partial charge in [-0.15, -0.1) is 10.2 Å². The van der Waals surface area contributed by atoms with Gasteiger partial charge in [-0.1, -0.05) is 29.4 Å². The molecule has 8 heteroatoms. The van der Waals surface area contributed by atoms with Gasteiger partial charge in [0.15, 0.2) is 0 Å². The largest absolute Gasteiger partial charge is 0.414 e. The Morgan fingerprint density at radius 2 is 2.44 bits per heavy atom. The van der Waals surface area contributed by atoms with E-state index >= 15 is 0 Å². The molecule has 0 saturated heterocycles. The molecule has 0 unspecified atom stereocenters. The molecular weight excluding hydrogens is 250 g/mol. The SMILES string of the molecule is Cl/C=C/CSc1nnc(Cn2cncn2)o1. The first-order valence-electron chi connectivity index (χ1n) is 4.41. The Hall–Kier alpha value is -1.34. The van der Waals surface area contributed by atoms with Crippen LogP contribution in [-0.4, -0.2) is 30.7 Å². The Balaban J connectivity index is 1.92. The summed E-state index contributed by atoms with van der Waals surface area (Å²) in [4.78, 5) is 3.82. The quantitative estimate of drug-likeness (QED) is 0.757. The minimum atomic E-state index is 0.429. The molecule has 0 aliphatic rings. The highest BCUT2D eigenvalue weighted by molar-refractivity contribution is 7.99. The predicted molar refractivity (Wildman–Crippen MR) is 59.1 cm³/mol. The zero-order valence-corrected chi connectivity index (χ0v) is 9.73. The smallest absolute Gasteiger partial charge is 0.276 e. The topological polar surface area (TPSA) is 69.6 Å². The van der Waals surface area contributed by atoms with E-state index in [1.807, 2.05) is 0 Å². The van der Waals surface area contributed by atoms with Crippen molar-refractivity contribution in [2.45, 2.75) is 11.8 Å². The van der Waals surface area contributed by atoms with Gasteiger partial charge in [0.05, 0.1) is 0 Å². The highest BCUT2D eigenvalue weighted by atomic mass is 35.5. The summed E-state index contributed by atoms with van der Waals surface area (Å²) in [6, 6.07) is 0. The van der Waals surface area contributed by atoms with Crippen LogP contribution in [0.3, 0.4) is 0 Å². The van der Waals surface area contributed by atoms with Crippen molar-refractivity contribution in [2.24, 2.45) is 0 Å². The van der Waals surface area contributed by atoms with Gasteiger partial charge >= 0.3 is 0 Å². The molecule has 2 rings (SSSR count). The second kappa shape index (κ2) is 5.66. The molecule has 0 spiro atoms. The molecule has 0 saturated carbocycles. The zero-order chi connectivity index (χ0) is 11.2. The first-order valence-corrected chi connectivity index (χ1v) is 5.83. The number of nitrogens with zero attached hydrogens (tertiary/aromatic N) is 5. The summed E-state index contributed by atoms with van der Waals surface area (Å²) < 4.78 is 6.99. The molecule has 2 aromatic rings. The maximum Gasteiger partial charge on any atom is 0.276 e. The number of thioether (sulfide) groups is 1. The van der Waals surface area contributed by atoms with Crippen LogP contribution in [0.15, 0.2) is 33.9 Å². The van der Waals surface area contributed by atoms with E-state index in [0.717, 1.165) is 0 Å². The van der Waals surface area contributed by atoms with Crippen LogP contribution in [0.1, 0.15) is 5.89 Å². The van der Waals surface area contributed by atoms with Gasteiger partial charge in [0.1, 0.15) is 19.2 Å². The number of halogens is 1. The highest BCUT2D eigenvalue weighted by Gasteiger charge is 2.06. The second-order valence-corrected chi connectivity index (χ2v) is 3.95. The Morgan fingerprint density at radius 3 is 3.19 bits per heavy atom. The molecule has 16 heavy (non-hydrogen) atoms. The third-order valence-corrected chi connectivity index (χ3v) is 2.55. The van der Waals surface area contributed by atoms with Crippen molar-refractivity contribution >= 4 is 23.4 Å². The first-order chi connectivity index (χ1) is 7.88. The van der Waals surface area contributed by atoms with Crippen LogP contribution in [0.4, 0.5) is 0 Å². The average molecular weight is 258 g/mol. The molecule has 0 fully saturated rings. The lowest BCUT2D eigenvalue weighted by Gasteiger charge is -1.92. The molecule has 0 N–H and O–H groups in total. The third kappa shape index (κ3) is 3.07. The van der Waals surface area contributed by atoms with E-state index in [-0.39, 0.29) is 0 Å². The lowest BCUT2D eigenvalue weighted by molar-refractivity contribution is 0.398. The summed E-state index contributed by atoms with van der Waals surface area (Å²) >= 11 is 6.81. The van der Waals surface area contributed by atoms with Crippen molar-refractivity contribution < 1.29 is 4.42 Å². The predicted octanol–water partition coefficient (Wildman–Crippen LogP) is 1.55. The molecule has 0 amide bonds. The zero-order valence-electron chi connectivity index (χ0n) is 8.15. The molecule has 0 bridgehead atoms. The fourth-order valence-corrected chi connectivity index (χ4v) is 1.75. The van der Waals surface area contributed by atoms with Crippen LogP contribution in [0.5, 0.6) is 0 Å². The highest BCUT2D eigenvalue weighted by Crippen LogP contribution is 2.16. The summed E-state index contributed by atoms with van der Waals surface area (Å²) in [5, 5.41) is 12.2. The van der Waals surface area contributed by atoms with Gasteiger partial charge < -0.3 is 4.42 Å². The minimum absolute atomic E-state index is 0.429. The van der Waals surface area contributed by atoms with E-state index in [0.29, 0.717) is 23.4 Å². The van der Waals surface area contributed by atoms with Crippen LogP contribution in [0, 0.1) is 0 Å². The standard InChI is InChI=1S/C8H8ClN5OS/c9-2-1-3-16-8-13-12-7(15-8)4-14-6-10-5-11-14/h1-2,5-6H,3-4H2/b2-1+. The monoisotopic (exact) mass is 257 g/mol. The Kier molecular flexibility index (Phi) is 3.95. The van der Waals surface area contributed by atoms with E-state index in [1.54, 1.807) is 17.1 Å². The van der Waals surface area contributed by atoms with Crippen molar-refractivity contribution in [1.29, 1.82) is 0 Å². The van der Waals surface area contributed by atoms with Crippen molar-refractivity contribution in [3.63, 3.8) is 0 Å². The van der Waals surface area contributed by atoms with Gasteiger partial charge in [-0.25, -0.2) is 9.67 Å². The fourth-order valence-electron chi connectivity index (χ4n) is 0.969. The second-order valence-electron chi connectivity index (χ2n) is 2.73. The van der Waals surface area contributed by atoms with Crippen molar-refractivity contribution in [1.82, 2.24) is 25.0 Å². The molecule has 84 valence electrons. The maximum absolute atomic E-state index is 5.39. The van der Waals surface area contributed by atoms with E-state index < -0.39 is 0 Å². The molecule has 0 atom stereocenters. The molecular formula is C8H8ClN5OS. The summed E-state index contributed by atoms with van der Waals surface area (Å²) in [6.07, 6.45) is 4.85. The normalized spacial score (nSPS) is 11.3. The van der Waals surface area contributed by atoms with E-state index in [9.17, 15) is 0 Å². The molecule has 0 aliphatic heterocycles. The Bertz CT molecular complexity index is 455. The average Bonchev–Trinajstić information content (AvgIpc) is 2.91. The van der Waals surface area contributed by atoms with Crippen LogP contribution < -0.4 is 0 Å². The molecule has 2 heterocycles. The first kappa shape index (κ1) is 11.2. The van der Waals surface area contributed by atoms with Crippen molar-refractivity contribution in [3.05, 3.63) is 30.2 Å². The molecule has 0 radical (unpaired) electrons. The number of rotatable bonds is 5. The van der Waals surface area contributed by atoms with Crippen molar-refractivity contribution in [3.8, 4) is 0 Å². The van der Waals surface area contributed by atoms with Gasteiger partial charge in [-0.2, -0.15) is 5.10 Å². The lowest BCUT2D eigenvalue weighted by atomic mass is 10.6. The molecule has 6 nitrogen and oxygen atoms in total. The fraction of sp³-hybridized carbons (Fsp3) is 0.250. The van der Waals surface area contributed by atoms with Crippen molar-refractivity contribution in [2.75, 3.05) is 5.75 Å². The Morgan fingerprint density at radius 1 is 1.50 bits per heavy atom. The third-order valence-electron chi connectivity index (χ3n) is 1.60. The number of hydrogen-bond acceptors (Lipinski definition) is 6. The van der Waals surface area contributed by atoms with Gasteiger partial charge in [-0.05, 0) is 0 Å². The van der Waals surface area contributed by atoms with E-state index in [2.05, 4.69) is 20.3 Å². The minimum Gasteiger partial charge on any atom is -0.414 e. The molecule has 2 aromatic heterocycles. The Labute approximate surface area is 101 Å². The molecule has 0 aromatic carbocycles. The van der Waals surface area contributed by atoms with E-state index in [4.69, 9.17) is 16.0 Å². The van der Waals surface area contributed by atoms with Crippen LogP contribution >= 0.6 is 23.4 Å². The summed E-state index contributed by atoms with van der Waals surface area (Å²) in [5.74, 6) is 1.21. The van der Waals surface area contributed by atoms with Gasteiger partial charge in [-0.3, -0.25) is 0 Å². The molecule has 0 aliphatic carbocycles. The number of hydrogen-bond donors (Lipinski definition) is 0. The summed E-state index contributed by atoms with van der Waals surface area (Å²) in [7, 11) is 0. The maximum atomic E-state index is 5.39. The van der Waals surface area contributed by atoms with E-state index in [1.165, 1.54) is 23.6 Å². The van der Waals surface area contributed by atoms with Crippen LogP contribution in [0.25, 0.3) is 0 Å². The van der Waals surface area contributed by atoms with Crippen LogP contribution in [-0.2, 0) is 6.54 Å².